The summed E-state index contributed by atoms with van der Waals surface area (Å²) in [6.45, 7) is 0. The van der Waals surface area contributed by atoms with Crippen LogP contribution in [0, 0.1) is 0 Å². The summed E-state index contributed by atoms with van der Waals surface area (Å²) in [4.78, 5) is 21.9. The van der Waals surface area contributed by atoms with Crippen molar-refractivity contribution in [3.05, 3.63) is 66.0 Å². The van der Waals surface area contributed by atoms with Gasteiger partial charge in [-0.1, -0.05) is 11.6 Å². The lowest BCUT2D eigenvalue weighted by Crippen LogP contribution is -2.27. The molecule has 0 N–H and O–H groups in total. The molecule has 0 bridgehead atoms. The van der Waals surface area contributed by atoms with Gasteiger partial charge in [-0.3, -0.25) is 9.78 Å². The molecular formula is C15H12ClN5O. The number of hydrogen-bond acceptors (Lipinski definition) is 4. The largest absolute Gasteiger partial charge is 0.309 e. The van der Waals surface area contributed by atoms with Crippen molar-refractivity contribution in [2.24, 2.45) is 0 Å². The predicted molar refractivity (Wildman–Crippen MR) is 83.3 cm³/mol. The average Bonchev–Trinajstić information content (AvgIpc) is 3.05. The third kappa shape index (κ3) is 2.82. The van der Waals surface area contributed by atoms with Crippen LogP contribution in [0.5, 0.6) is 0 Å². The zero-order valence-corrected chi connectivity index (χ0v) is 12.5. The minimum absolute atomic E-state index is 0.120. The van der Waals surface area contributed by atoms with Crippen LogP contribution in [0.1, 0.15) is 10.6 Å². The maximum Gasteiger partial charge on any atom is 0.297 e. The number of benzene rings is 1. The van der Waals surface area contributed by atoms with Crippen molar-refractivity contribution in [2.75, 3.05) is 11.9 Å². The van der Waals surface area contributed by atoms with Gasteiger partial charge in [0.15, 0.2) is 0 Å². The lowest BCUT2D eigenvalue weighted by Gasteiger charge is -2.14. The van der Waals surface area contributed by atoms with Gasteiger partial charge in [0.05, 0.1) is 5.69 Å². The molecule has 3 rings (SSSR count). The molecule has 0 aliphatic heterocycles. The number of hydrogen-bond donors (Lipinski definition) is 0. The molecule has 22 heavy (non-hydrogen) atoms. The van der Waals surface area contributed by atoms with E-state index in [1.165, 1.54) is 15.9 Å². The molecule has 1 aromatic carbocycles. The SMILES string of the molecule is CN(C(=O)c1ncn(-c2ccc(Cl)cc2)n1)c1ccncc1. The van der Waals surface area contributed by atoms with Gasteiger partial charge in [0.1, 0.15) is 6.33 Å². The van der Waals surface area contributed by atoms with Crippen LogP contribution in [-0.2, 0) is 0 Å². The predicted octanol–water partition coefficient (Wildman–Crippen LogP) is 2.59. The second-order valence-electron chi connectivity index (χ2n) is 4.56. The van der Waals surface area contributed by atoms with Gasteiger partial charge in [0, 0.05) is 30.2 Å². The molecule has 3 aromatic rings. The fourth-order valence-electron chi connectivity index (χ4n) is 1.91. The van der Waals surface area contributed by atoms with Crippen LogP contribution < -0.4 is 4.90 Å². The summed E-state index contributed by atoms with van der Waals surface area (Å²) < 4.78 is 1.53. The van der Waals surface area contributed by atoms with E-state index in [-0.39, 0.29) is 11.7 Å². The highest BCUT2D eigenvalue weighted by molar-refractivity contribution is 6.30. The van der Waals surface area contributed by atoms with Crippen molar-refractivity contribution in [3.8, 4) is 5.69 Å². The average molecular weight is 314 g/mol. The van der Waals surface area contributed by atoms with Gasteiger partial charge in [-0.05, 0) is 36.4 Å². The van der Waals surface area contributed by atoms with Crippen LogP contribution in [0.15, 0.2) is 55.1 Å². The second kappa shape index (κ2) is 5.95. The van der Waals surface area contributed by atoms with Gasteiger partial charge in [0.25, 0.3) is 5.91 Å². The number of pyridine rings is 1. The Hall–Kier alpha value is -2.73. The maximum absolute atomic E-state index is 12.4. The normalized spacial score (nSPS) is 10.5. The summed E-state index contributed by atoms with van der Waals surface area (Å²) >= 11 is 5.85. The van der Waals surface area contributed by atoms with E-state index in [9.17, 15) is 4.79 Å². The van der Waals surface area contributed by atoms with Gasteiger partial charge in [-0.2, -0.15) is 0 Å². The van der Waals surface area contributed by atoms with Crippen LogP contribution in [0.25, 0.3) is 5.69 Å². The third-order valence-corrected chi connectivity index (χ3v) is 3.38. The fourth-order valence-corrected chi connectivity index (χ4v) is 2.04. The Labute approximate surface area is 132 Å². The van der Waals surface area contributed by atoms with Crippen molar-refractivity contribution in [1.29, 1.82) is 0 Å². The number of anilines is 1. The van der Waals surface area contributed by atoms with Crippen molar-refractivity contribution in [3.63, 3.8) is 0 Å². The number of nitrogens with zero attached hydrogens (tertiary/aromatic N) is 5. The van der Waals surface area contributed by atoms with E-state index in [0.29, 0.717) is 5.02 Å². The summed E-state index contributed by atoms with van der Waals surface area (Å²) in [6, 6.07) is 10.6. The van der Waals surface area contributed by atoms with E-state index < -0.39 is 0 Å². The summed E-state index contributed by atoms with van der Waals surface area (Å²) in [5.41, 5.74) is 1.50. The Balaban J connectivity index is 1.84. The van der Waals surface area contributed by atoms with E-state index >= 15 is 0 Å². The number of aromatic nitrogens is 4. The van der Waals surface area contributed by atoms with Crippen molar-refractivity contribution in [2.45, 2.75) is 0 Å². The summed E-state index contributed by atoms with van der Waals surface area (Å²) in [5, 5.41) is 4.85. The van der Waals surface area contributed by atoms with E-state index in [0.717, 1.165) is 11.4 Å². The fraction of sp³-hybridized carbons (Fsp3) is 0.0667. The van der Waals surface area contributed by atoms with Crippen LogP contribution in [-0.4, -0.2) is 32.7 Å². The van der Waals surface area contributed by atoms with Crippen molar-refractivity contribution < 1.29 is 4.79 Å². The Kier molecular flexibility index (Phi) is 3.84. The lowest BCUT2D eigenvalue weighted by atomic mass is 10.3. The van der Waals surface area contributed by atoms with Crippen molar-refractivity contribution in [1.82, 2.24) is 19.7 Å². The van der Waals surface area contributed by atoms with Gasteiger partial charge < -0.3 is 4.90 Å². The van der Waals surface area contributed by atoms with Crippen molar-refractivity contribution >= 4 is 23.2 Å². The molecule has 0 aliphatic rings. The molecule has 6 nitrogen and oxygen atoms in total. The molecular weight excluding hydrogens is 302 g/mol. The molecule has 2 aromatic heterocycles. The molecule has 1 amide bonds. The first-order chi connectivity index (χ1) is 10.6. The van der Waals surface area contributed by atoms with Crippen LogP contribution in [0.3, 0.4) is 0 Å². The first kappa shape index (κ1) is 14.2. The molecule has 2 heterocycles. The van der Waals surface area contributed by atoms with E-state index in [1.807, 2.05) is 0 Å². The molecule has 0 saturated carbocycles. The molecule has 0 atom stereocenters. The van der Waals surface area contributed by atoms with Gasteiger partial charge in [-0.25, -0.2) is 9.67 Å². The molecule has 0 spiro atoms. The number of amides is 1. The lowest BCUT2D eigenvalue weighted by molar-refractivity contribution is 0.0983. The number of rotatable bonds is 3. The van der Waals surface area contributed by atoms with Crippen LogP contribution in [0.2, 0.25) is 5.02 Å². The van der Waals surface area contributed by atoms with E-state index in [2.05, 4.69) is 15.1 Å². The smallest absolute Gasteiger partial charge is 0.297 e. The highest BCUT2D eigenvalue weighted by atomic mass is 35.5. The van der Waals surface area contributed by atoms with E-state index in [4.69, 9.17) is 11.6 Å². The maximum atomic E-state index is 12.4. The molecule has 0 saturated heterocycles. The number of carbonyl (C=O) groups excluding carboxylic acids is 1. The third-order valence-electron chi connectivity index (χ3n) is 3.13. The Morgan fingerprint density at radius 2 is 1.82 bits per heavy atom. The first-order valence-corrected chi connectivity index (χ1v) is 6.88. The summed E-state index contributed by atoms with van der Waals surface area (Å²) in [6.07, 6.45) is 4.74. The highest BCUT2D eigenvalue weighted by Crippen LogP contribution is 2.14. The highest BCUT2D eigenvalue weighted by Gasteiger charge is 2.18. The van der Waals surface area contributed by atoms with Crippen LogP contribution >= 0.6 is 11.6 Å². The van der Waals surface area contributed by atoms with E-state index in [1.54, 1.807) is 55.8 Å². The first-order valence-electron chi connectivity index (χ1n) is 6.51. The zero-order valence-electron chi connectivity index (χ0n) is 11.7. The molecule has 0 aliphatic carbocycles. The standard InChI is InChI=1S/C15H12ClN5O/c1-20(12-6-8-17-9-7-12)15(22)14-18-10-21(19-14)13-4-2-11(16)3-5-13/h2-10H,1H3. The Morgan fingerprint density at radius 3 is 2.50 bits per heavy atom. The van der Waals surface area contributed by atoms with Gasteiger partial charge in [-0.15, -0.1) is 5.10 Å². The van der Waals surface area contributed by atoms with Gasteiger partial charge in [0.2, 0.25) is 5.82 Å². The molecule has 7 heteroatoms. The molecule has 0 radical (unpaired) electrons. The number of halogens is 1. The summed E-state index contributed by atoms with van der Waals surface area (Å²) in [5.74, 6) is -0.173. The monoisotopic (exact) mass is 313 g/mol. The zero-order chi connectivity index (χ0) is 15.5. The Morgan fingerprint density at radius 1 is 1.14 bits per heavy atom. The second-order valence-corrected chi connectivity index (χ2v) is 5.00. The molecule has 0 unspecified atom stereocenters. The topological polar surface area (TPSA) is 63.9 Å². The van der Waals surface area contributed by atoms with Crippen LogP contribution in [0.4, 0.5) is 5.69 Å². The number of carbonyl (C=O) groups is 1. The Bertz CT molecular complexity index is 785. The minimum atomic E-state index is -0.293. The summed E-state index contributed by atoms with van der Waals surface area (Å²) in [7, 11) is 1.67. The molecule has 0 fully saturated rings. The molecule has 110 valence electrons. The quantitative estimate of drug-likeness (QED) is 0.745. The minimum Gasteiger partial charge on any atom is -0.309 e. The van der Waals surface area contributed by atoms with Gasteiger partial charge >= 0.3 is 0 Å².